The fraction of sp³-hybridized carbons (Fsp3) is 0.333. The first-order valence-electron chi connectivity index (χ1n) is 13.2. The van der Waals surface area contributed by atoms with Crippen LogP contribution in [-0.2, 0) is 26.2 Å². The van der Waals surface area contributed by atoms with Crippen LogP contribution in [0.25, 0.3) is 0 Å². The minimum absolute atomic E-state index is 0.00676. The molecule has 3 rings (SSSR count). The number of hydrogen-bond acceptors (Lipinski definition) is 5. The molecule has 0 aliphatic rings. The fourth-order valence-corrected chi connectivity index (χ4v) is 5.91. The largest absolute Gasteiger partial charge is 0.497 e. The van der Waals surface area contributed by atoms with E-state index in [9.17, 15) is 18.0 Å². The number of para-hydroxylation sites is 1. The second-order valence-corrected chi connectivity index (χ2v) is 12.5. The van der Waals surface area contributed by atoms with Gasteiger partial charge >= 0.3 is 0 Å². The van der Waals surface area contributed by atoms with E-state index in [0.29, 0.717) is 40.0 Å². The lowest BCUT2D eigenvalue weighted by atomic mass is 10.1. The average molecular weight is 621 g/mol. The molecule has 220 valence electrons. The van der Waals surface area contributed by atoms with Crippen LogP contribution in [0.2, 0.25) is 10.0 Å². The number of nitrogens with zero attached hydrogens (tertiary/aromatic N) is 2. The van der Waals surface area contributed by atoms with Crippen LogP contribution in [0.1, 0.15) is 32.8 Å². The first kappa shape index (κ1) is 32.2. The molecular formula is C30H35Cl2N3O5S. The third-order valence-electron chi connectivity index (χ3n) is 6.38. The van der Waals surface area contributed by atoms with Crippen molar-refractivity contribution in [2.24, 2.45) is 5.92 Å². The lowest BCUT2D eigenvalue weighted by Crippen LogP contribution is -2.52. The summed E-state index contributed by atoms with van der Waals surface area (Å²) in [7, 11) is -2.69. The molecule has 3 aromatic rings. The molecule has 0 aromatic heterocycles. The molecule has 0 spiro atoms. The monoisotopic (exact) mass is 619 g/mol. The van der Waals surface area contributed by atoms with Crippen molar-refractivity contribution >= 4 is 50.7 Å². The third kappa shape index (κ3) is 8.38. The Bertz CT molecular complexity index is 1430. The molecule has 0 aliphatic heterocycles. The molecule has 0 fully saturated rings. The highest BCUT2D eigenvalue weighted by atomic mass is 35.5. The van der Waals surface area contributed by atoms with Gasteiger partial charge in [0, 0.05) is 13.1 Å². The van der Waals surface area contributed by atoms with Crippen LogP contribution < -0.4 is 14.4 Å². The van der Waals surface area contributed by atoms with Crippen LogP contribution >= 0.6 is 23.2 Å². The van der Waals surface area contributed by atoms with E-state index in [1.54, 1.807) is 67.6 Å². The van der Waals surface area contributed by atoms with E-state index >= 15 is 0 Å². The van der Waals surface area contributed by atoms with Gasteiger partial charge in [-0.05, 0) is 66.4 Å². The van der Waals surface area contributed by atoms with Crippen LogP contribution in [0.15, 0.2) is 77.7 Å². The van der Waals surface area contributed by atoms with E-state index in [1.165, 1.54) is 24.1 Å². The van der Waals surface area contributed by atoms with E-state index < -0.39 is 28.5 Å². The quantitative estimate of drug-likeness (QED) is 0.262. The minimum atomic E-state index is -4.18. The summed E-state index contributed by atoms with van der Waals surface area (Å²) in [5.41, 5.74) is 0.954. The summed E-state index contributed by atoms with van der Waals surface area (Å²) in [6.07, 6.45) is 0.313. The maximum atomic E-state index is 14.1. The number of amides is 2. The maximum absolute atomic E-state index is 14.1. The maximum Gasteiger partial charge on any atom is 0.264 e. The van der Waals surface area contributed by atoms with E-state index in [4.69, 9.17) is 27.9 Å². The Morgan fingerprint density at radius 3 is 2.17 bits per heavy atom. The first-order valence-corrected chi connectivity index (χ1v) is 15.4. The number of carbonyl (C=O) groups excluding carboxylic acids is 2. The van der Waals surface area contributed by atoms with Gasteiger partial charge in [0.2, 0.25) is 11.8 Å². The third-order valence-corrected chi connectivity index (χ3v) is 8.90. The van der Waals surface area contributed by atoms with E-state index in [-0.39, 0.29) is 23.3 Å². The Hall–Kier alpha value is -3.27. The van der Waals surface area contributed by atoms with E-state index in [0.717, 1.165) is 4.31 Å². The van der Waals surface area contributed by atoms with Crippen molar-refractivity contribution < 1.29 is 22.7 Å². The van der Waals surface area contributed by atoms with E-state index in [2.05, 4.69) is 5.32 Å². The summed E-state index contributed by atoms with van der Waals surface area (Å²) >= 11 is 12.3. The zero-order chi connectivity index (χ0) is 30.2. The molecule has 0 bridgehead atoms. The summed E-state index contributed by atoms with van der Waals surface area (Å²) < 4.78 is 34.0. The van der Waals surface area contributed by atoms with Crippen molar-refractivity contribution in [2.45, 2.75) is 44.7 Å². The van der Waals surface area contributed by atoms with Gasteiger partial charge in [-0.25, -0.2) is 8.42 Å². The highest BCUT2D eigenvalue weighted by Gasteiger charge is 2.33. The number of carbonyl (C=O) groups is 2. The molecule has 0 radical (unpaired) electrons. The van der Waals surface area contributed by atoms with Gasteiger partial charge in [-0.15, -0.1) is 0 Å². The predicted molar refractivity (Wildman–Crippen MR) is 163 cm³/mol. The van der Waals surface area contributed by atoms with Crippen LogP contribution in [0.4, 0.5) is 5.69 Å². The van der Waals surface area contributed by atoms with Crippen molar-refractivity contribution in [3.8, 4) is 5.75 Å². The normalized spacial score (nSPS) is 12.1. The van der Waals surface area contributed by atoms with E-state index in [1.807, 2.05) is 13.8 Å². The Morgan fingerprint density at radius 1 is 0.951 bits per heavy atom. The molecule has 11 heteroatoms. The van der Waals surface area contributed by atoms with Gasteiger partial charge in [-0.2, -0.15) is 0 Å². The van der Waals surface area contributed by atoms with Crippen molar-refractivity contribution in [2.75, 3.05) is 24.5 Å². The number of anilines is 1. The number of hydrogen-bond donors (Lipinski definition) is 1. The van der Waals surface area contributed by atoms with Crippen molar-refractivity contribution in [3.05, 3.63) is 88.4 Å². The Labute approximate surface area is 252 Å². The average Bonchev–Trinajstić information content (AvgIpc) is 2.96. The second kappa shape index (κ2) is 14.6. The lowest BCUT2D eigenvalue weighted by Gasteiger charge is -2.33. The molecule has 1 atom stereocenters. The summed E-state index contributed by atoms with van der Waals surface area (Å²) in [4.78, 5) is 28.7. The Balaban J connectivity index is 2.03. The number of benzene rings is 3. The number of sulfonamides is 1. The number of halogens is 2. The predicted octanol–water partition coefficient (Wildman–Crippen LogP) is 5.78. The summed E-state index contributed by atoms with van der Waals surface area (Å²) in [5, 5.41) is 3.57. The van der Waals surface area contributed by atoms with Crippen molar-refractivity contribution in [1.82, 2.24) is 10.2 Å². The molecule has 41 heavy (non-hydrogen) atoms. The van der Waals surface area contributed by atoms with Gasteiger partial charge in [0.05, 0.1) is 27.7 Å². The number of methoxy groups -OCH3 is 1. The van der Waals surface area contributed by atoms with Crippen LogP contribution in [0.3, 0.4) is 0 Å². The molecule has 0 unspecified atom stereocenters. The molecule has 1 N–H and O–H groups in total. The zero-order valence-corrected chi connectivity index (χ0v) is 25.8. The van der Waals surface area contributed by atoms with Gasteiger partial charge in [-0.3, -0.25) is 13.9 Å². The Kier molecular flexibility index (Phi) is 11.5. The molecular weight excluding hydrogens is 585 g/mol. The van der Waals surface area contributed by atoms with Crippen molar-refractivity contribution in [3.63, 3.8) is 0 Å². The van der Waals surface area contributed by atoms with Crippen LogP contribution in [0.5, 0.6) is 5.75 Å². The Morgan fingerprint density at radius 2 is 1.61 bits per heavy atom. The van der Waals surface area contributed by atoms with Crippen LogP contribution in [-0.4, -0.2) is 51.4 Å². The van der Waals surface area contributed by atoms with Gasteiger partial charge in [0.1, 0.15) is 18.3 Å². The molecule has 2 amide bonds. The first-order chi connectivity index (χ1) is 19.5. The summed E-state index contributed by atoms with van der Waals surface area (Å²) in [6, 6.07) is 18.4. The molecule has 0 heterocycles. The second-order valence-electron chi connectivity index (χ2n) is 9.86. The summed E-state index contributed by atoms with van der Waals surface area (Å²) in [6.45, 7) is 5.68. The number of rotatable bonds is 13. The highest BCUT2D eigenvalue weighted by Crippen LogP contribution is 2.27. The fourth-order valence-electron chi connectivity index (χ4n) is 4.17. The topological polar surface area (TPSA) is 96.0 Å². The molecule has 0 saturated heterocycles. The number of nitrogens with one attached hydrogen (secondary N) is 1. The lowest BCUT2D eigenvalue weighted by molar-refractivity contribution is -0.140. The van der Waals surface area contributed by atoms with Gasteiger partial charge < -0.3 is 15.0 Å². The van der Waals surface area contributed by atoms with Crippen molar-refractivity contribution in [1.29, 1.82) is 0 Å². The molecule has 0 saturated carbocycles. The smallest absolute Gasteiger partial charge is 0.264 e. The van der Waals surface area contributed by atoms with Gasteiger partial charge in [-0.1, -0.05) is 68.2 Å². The number of ether oxygens (including phenoxy) is 1. The van der Waals surface area contributed by atoms with Gasteiger partial charge in [0.25, 0.3) is 10.0 Å². The summed E-state index contributed by atoms with van der Waals surface area (Å²) in [5.74, 6) is -0.168. The SMILES string of the molecule is CC[C@@H](C(=O)NCC(C)C)N(Cc1ccc(Cl)c(Cl)c1)C(=O)CN(c1ccccc1)S(=O)(=O)c1ccc(OC)cc1. The highest BCUT2D eigenvalue weighted by molar-refractivity contribution is 7.92. The molecule has 0 aliphatic carbocycles. The minimum Gasteiger partial charge on any atom is -0.497 e. The van der Waals surface area contributed by atoms with Gasteiger partial charge in [0.15, 0.2) is 0 Å². The molecule has 3 aromatic carbocycles. The standard InChI is InChI=1S/C30H35Cl2N3O5S/c1-5-28(30(37)33-18-21(2)3)34(19-22-11-16-26(31)27(32)17-22)29(36)20-35(23-9-7-6-8-10-23)41(38,39)25-14-12-24(40-4)13-15-25/h6-17,21,28H,5,18-20H2,1-4H3,(H,33,37)/t28-/m0/s1. The zero-order valence-electron chi connectivity index (χ0n) is 23.5. The van der Waals surface area contributed by atoms with Crippen LogP contribution in [0, 0.1) is 5.92 Å². The molecule has 8 nitrogen and oxygen atoms in total.